The average Bonchev–Trinajstić information content (AvgIpc) is 3.04. The molecule has 2 heterocycles. The molecule has 0 bridgehead atoms. The van der Waals surface area contributed by atoms with Crippen LogP contribution in [0.1, 0.15) is 21.1 Å². The highest BCUT2D eigenvalue weighted by Crippen LogP contribution is 2.16. The molecular weight excluding hydrogens is 270 g/mol. The lowest BCUT2D eigenvalue weighted by Crippen LogP contribution is -2.22. The maximum atomic E-state index is 11.8. The van der Waals surface area contributed by atoms with Gasteiger partial charge in [-0.25, -0.2) is 4.79 Å². The minimum atomic E-state index is -1.03. The lowest BCUT2D eigenvalue weighted by atomic mass is 10.3. The number of amides is 1. The lowest BCUT2D eigenvalue weighted by Gasteiger charge is -1.98. The van der Waals surface area contributed by atoms with Gasteiger partial charge < -0.3 is 14.9 Å². The van der Waals surface area contributed by atoms with Crippen molar-refractivity contribution < 1.29 is 19.2 Å². The number of rotatable bonds is 5. The number of carboxylic acids is 1. The zero-order chi connectivity index (χ0) is 13.7. The van der Waals surface area contributed by atoms with E-state index in [9.17, 15) is 9.59 Å². The third-order valence-electron chi connectivity index (χ3n) is 2.09. The summed E-state index contributed by atoms with van der Waals surface area (Å²) in [4.78, 5) is 26.6. The first-order chi connectivity index (χ1) is 9.15. The van der Waals surface area contributed by atoms with Crippen LogP contribution in [-0.4, -0.2) is 27.1 Å². The predicted octanol–water partition coefficient (Wildman–Crippen LogP) is 1.16. The molecule has 0 fully saturated rings. The Morgan fingerprint density at radius 3 is 3.05 bits per heavy atom. The van der Waals surface area contributed by atoms with E-state index in [1.54, 1.807) is 11.4 Å². The molecule has 0 aliphatic rings. The van der Waals surface area contributed by atoms with E-state index < -0.39 is 5.97 Å². The molecule has 1 amide bonds. The molecule has 0 spiro atoms. The van der Waals surface area contributed by atoms with Crippen LogP contribution in [0.2, 0.25) is 0 Å². The van der Waals surface area contributed by atoms with E-state index in [0.29, 0.717) is 16.3 Å². The molecule has 0 saturated carbocycles. The van der Waals surface area contributed by atoms with Gasteiger partial charge in [-0.1, -0.05) is 5.16 Å². The summed E-state index contributed by atoms with van der Waals surface area (Å²) in [5, 5.41) is 16.3. The fraction of sp³-hybridized carbons (Fsp3) is 0.0909. The van der Waals surface area contributed by atoms with Gasteiger partial charge >= 0.3 is 5.97 Å². The van der Waals surface area contributed by atoms with E-state index in [2.05, 4.69) is 20.0 Å². The van der Waals surface area contributed by atoms with Crippen molar-refractivity contribution >= 4 is 29.3 Å². The van der Waals surface area contributed by atoms with Crippen LogP contribution >= 0.6 is 11.3 Å². The fourth-order valence-electron chi connectivity index (χ4n) is 1.24. The molecule has 2 rings (SSSR count). The molecular formula is C11H9N3O4S. The number of thiophene rings is 1. The van der Waals surface area contributed by atoms with Crippen molar-refractivity contribution in [3.63, 3.8) is 0 Å². The Bertz CT molecular complexity index is 603. The van der Waals surface area contributed by atoms with Gasteiger partial charge in [0.1, 0.15) is 0 Å². The summed E-state index contributed by atoms with van der Waals surface area (Å²) in [6, 6.07) is 1.61. The molecule has 7 nitrogen and oxygen atoms in total. The third kappa shape index (κ3) is 3.75. The van der Waals surface area contributed by atoms with Crippen molar-refractivity contribution in [3.8, 4) is 0 Å². The van der Waals surface area contributed by atoms with Crippen molar-refractivity contribution in [3.05, 3.63) is 40.2 Å². The first-order valence-electron chi connectivity index (χ1n) is 5.18. The van der Waals surface area contributed by atoms with Crippen LogP contribution in [0, 0.1) is 0 Å². The molecule has 0 aromatic carbocycles. The molecule has 19 heavy (non-hydrogen) atoms. The second-order valence-electron chi connectivity index (χ2n) is 3.44. The standard InChI is InChI=1S/C11H9N3O4S/c15-10(16)2-1-8-3-7(5-19-8)11(17)12-4-9-13-6-18-14-9/h1-3,5-6H,4H2,(H,12,17)(H,15,16)/b2-1+. The monoisotopic (exact) mass is 279 g/mol. The van der Waals surface area contributed by atoms with Crippen molar-refractivity contribution in [2.45, 2.75) is 6.54 Å². The van der Waals surface area contributed by atoms with E-state index in [1.165, 1.54) is 23.8 Å². The van der Waals surface area contributed by atoms with Crippen molar-refractivity contribution in [2.75, 3.05) is 0 Å². The van der Waals surface area contributed by atoms with Crippen LogP contribution in [0.4, 0.5) is 0 Å². The van der Waals surface area contributed by atoms with Crippen LogP contribution in [0.25, 0.3) is 6.08 Å². The van der Waals surface area contributed by atoms with Gasteiger partial charge in [0.05, 0.1) is 12.1 Å². The van der Waals surface area contributed by atoms with E-state index in [1.807, 2.05) is 0 Å². The minimum Gasteiger partial charge on any atom is -0.478 e. The Hall–Kier alpha value is -2.48. The Balaban J connectivity index is 1.94. The van der Waals surface area contributed by atoms with Gasteiger partial charge in [-0.2, -0.15) is 4.98 Å². The number of nitrogens with one attached hydrogen (secondary N) is 1. The molecule has 2 aromatic heterocycles. The number of carbonyl (C=O) groups excluding carboxylic acids is 1. The fourth-order valence-corrected chi connectivity index (χ4v) is 2.02. The molecule has 2 aromatic rings. The number of carbonyl (C=O) groups is 2. The van der Waals surface area contributed by atoms with Crippen molar-refractivity contribution in [1.82, 2.24) is 15.5 Å². The molecule has 2 N–H and O–H groups in total. The summed E-state index contributed by atoms with van der Waals surface area (Å²) >= 11 is 1.28. The van der Waals surface area contributed by atoms with Gasteiger partial charge in [0.25, 0.3) is 5.91 Å². The van der Waals surface area contributed by atoms with Crippen LogP contribution in [0.5, 0.6) is 0 Å². The highest BCUT2D eigenvalue weighted by atomic mass is 32.1. The normalized spacial score (nSPS) is 10.7. The predicted molar refractivity (Wildman–Crippen MR) is 66.5 cm³/mol. The summed E-state index contributed by atoms with van der Waals surface area (Å²) in [5.41, 5.74) is 0.457. The number of hydrogen-bond acceptors (Lipinski definition) is 6. The zero-order valence-electron chi connectivity index (χ0n) is 9.57. The van der Waals surface area contributed by atoms with E-state index >= 15 is 0 Å². The highest BCUT2D eigenvalue weighted by molar-refractivity contribution is 7.11. The van der Waals surface area contributed by atoms with Gasteiger partial charge in [-0.15, -0.1) is 11.3 Å². The maximum Gasteiger partial charge on any atom is 0.328 e. The van der Waals surface area contributed by atoms with Crippen LogP contribution in [0.3, 0.4) is 0 Å². The Morgan fingerprint density at radius 2 is 2.37 bits per heavy atom. The second kappa shape index (κ2) is 5.91. The molecule has 8 heteroatoms. The zero-order valence-corrected chi connectivity index (χ0v) is 10.4. The minimum absolute atomic E-state index is 0.172. The molecule has 0 unspecified atom stereocenters. The molecule has 0 saturated heterocycles. The van der Waals surface area contributed by atoms with E-state index in [4.69, 9.17) is 5.11 Å². The van der Waals surface area contributed by atoms with Crippen LogP contribution in [0.15, 0.2) is 28.4 Å². The molecule has 98 valence electrons. The van der Waals surface area contributed by atoms with Crippen LogP contribution in [-0.2, 0) is 11.3 Å². The Morgan fingerprint density at radius 1 is 1.53 bits per heavy atom. The van der Waals surface area contributed by atoms with Gasteiger partial charge in [0, 0.05) is 16.3 Å². The van der Waals surface area contributed by atoms with Crippen molar-refractivity contribution in [1.29, 1.82) is 0 Å². The number of nitrogens with zero attached hydrogens (tertiary/aromatic N) is 2. The first kappa shape index (κ1) is 13.0. The SMILES string of the molecule is O=C(O)/C=C/c1cc(C(=O)NCc2ncon2)cs1. The summed E-state index contributed by atoms with van der Waals surface area (Å²) < 4.78 is 4.54. The number of aliphatic carboxylic acids is 1. The van der Waals surface area contributed by atoms with Gasteiger partial charge in [0.15, 0.2) is 5.82 Å². The average molecular weight is 279 g/mol. The largest absolute Gasteiger partial charge is 0.478 e. The topological polar surface area (TPSA) is 105 Å². The van der Waals surface area contributed by atoms with E-state index in [0.717, 1.165) is 6.08 Å². The maximum absolute atomic E-state index is 11.8. The summed E-state index contributed by atoms with van der Waals surface area (Å²) in [6.45, 7) is 0.172. The number of carboxylic acid groups (broad SMARTS) is 1. The second-order valence-corrected chi connectivity index (χ2v) is 4.38. The van der Waals surface area contributed by atoms with Gasteiger partial charge in [-0.3, -0.25) is 4.79 Å². The quantitative estimate of drug-likeness (QED) is 0.795. The summed E-state index contributed by atoms with van der Waals surface area (Å²) in [5.74, 6) is -0.929. The smallest absolute Gasteiger partial charge is 0.328 e. The van der Waals surface area contributed by atoms with Gasteiger partial charge in [-0.05, 0) is 12.1 Å². The molecule has 0 aliphatic heterocycles. The Kier molecular flexibility index (Phi) is 4.04. The lowest BCUT2D eigenvalue weighted by molar-refractivity contribution is -0.131. The Labute approximate surface area is 111 Å². The number of aromatic nitrogens is 2. The first-order valence-corrected chi connectivity index (χ1v) is 6.06. The van der Waals surface area contributed by atoms with Gasteiger partial charge in [0.2, 0.25) is 6.39 Å². The summed E-state index contributed by atoms with van der Waals surface area (Å²) in [7, 11) is 0. The molecule has 0 radical (unpaired) electrons. The summed E-state index contributed by atoms with van der Waals surface area (Å²) in [6.07, 6.45) is 3.64. The highest BCUT2D eigenvalue weighted by Gasteiger charge is 2.08. The number of hydrogen-bond donors (Lipinski definition) is 2. The van der Waals surface area contributed by atoms with E-state index in [-0.39, 0.29) is 12.5 Å². The van der Waals surface area contributed by atoms with Crippen LogP contribution < -0.4 is 5.32 Å². The third-order valence-corrected chi connectivity index (χ3v) is 2.98. The molecule has 0 atom stereocenters. The van der Waals surface area contributed by atoms with Crippen molar-refractivity contribution in [2.24, 2.45) is 0 Å². The molecule has 0 aliphatic carbocycles.